The average Bonchev–Trinajstić information content (AvgIpc) is 2.00. The van der Waals surface area contributed by atoms with Crippen molar-refractivity contribution in [2.75, 3.05) is 13.1 Å². The highest BCUT2D eigenvalue weighted by molar-refractivity contribution is 5.68. The lowest BCUT2D eigenvalue weighted by Crippen LogP contribution is -2.51. The van der Waals surface area contributed by atoms with Gasteiger partial charge in [-0.25, -0.2) is 4.79 Å². The molecule has 80 valence electrons. The van der Waals surface area contributed by atoms with Gasteiger partial charge >= 0.3 is 6.09 Å². The van der Waals surface area contributed by atoms with Crippen molar-refractivity contribution in [1.29, 1.82) is 0 Å². The minimum atomic E-state index is -1.95. The Bertz CT molecular complexity index is 233. The molecule has 0 atom stereocenters. The first kappa shape index (κ1) is 12.3. The van der Waals surface area contributed by atoms with Gasteiger partial charge in [0.1, 0.15) is 5.60 Å². The number of nitrogens with two attached hydrogens (primary N) is 1. The highest BCUT2D eigenvalue weighted by atomic mass is 16.6. The Labute approximate surface area is 91.8 Å². The van der Waals surface area contributed by atoms with Crippen LogP contribution in [0.4, 0.5) is 4.79 Å². The van der Waals surface area contributed by atoms with Crippen LogP contribution in [0.15, 0.2) is 0 Å². The lowest BCUT2D eigenvalue weighted by Gasteiger charge is -2.36. The predicted molar refractivity (Wildman–Crippen MR) is 54.1 cm³/mol. The first-order valence-corrected chi connectivity index (χ1v) is 4.62. The van der Waals surface area contributed by atoms with Gasteiger partial charge in [0.15, 0.2) is 0 Å². The highest BCUT2D eigenvalue weighted by Crippen LogP contribution is 2.20. The fraction of sp³-hybridized carbons (Fsp3) is 0.545. The van der Waals surface area contributed by atoms with Gasteiger partial charge in [-0.2, -0.15) is 0 Å². The van der Waals surface area contributed by atoms with E-state index in [9.17, 15) is 4.79 Å². The maximum atomic E-state index is 11.4. The third-order valence-corrected chi connectivity index (χ3v) is 2.22. The standard InChI is InChI=1S/C11H14N2O2/c1-10(2,3)15-9(14)13-7-5-11(4,12)6-8-13/h1-4H,5-8,12H2. The van der Waals surface area contributed by atoms with Crippen molar-refractivity contribution in [3.05, 3.63) is 27.7 Å². The van der Waals surface area contributed by atoms with E-state index in [1.54, 1.807) is 0 Å². The van der Waals surface area contributed by atoms with Crippen LogP contribution in [0.5, 0.6) is 0 Å². The quantitative estimate of drug-likeness (QED) is 0.679. The van der Waals surface area contributed by atoms with Crippen LogP contribution in [-0.2, 0) is 4.74 Å². The molecule has 0 unspecified atom stereocenters. The largest absolute Gasteiger partial charge is 0.442 e. The van der Waals surface area contributed by atoms with Gasteiger partial charge < -0.3 is 15.4 Å². The molecular weight excluding hydrogens is 192 g/mol. The molecule has 1 heterocycles. The summed E-state index contributed by atoms with van der Waals surface area (Å²) in [6.45, 7) is 21.9. The van der Waals surface area contributed by atoms with E-state index in [0.717, 1.165) is 0 Å². The van der Waals surface area contributed by atoms with Crippen LogP contribution in [-0.4, -0.2) is 35.2 Å². The van der Waals surface area contributed by atoms with Crippen molar-refractivity contribution in [3.8, 4) is 0 Å². The minimum Gasteiger partial charge on any atom is -0.442 e. The number of carbonyl (C=O) groups is 1. The molecule has 1 fully saturated rings. The number of nitrogens with zero attached hydrogens (tertiary/aromatic N) is 1. The average molecular weight is 206 g/mol. The second-order valence-corrected chi connectivity index (χ2v) is 3.94. The number of rotatable bonds is 1. The summed E-state index contributed by atoms with van der Waals surface area (Å²) < 4.78 is 4.58. The second-order valence-electron chi connectivity index (χ2n) is 3.94. The van der Waals surface area contributed by atoms with Crippen molar-refractivity contribution >= 4 is 6.09 Å². The van der Waals surface area contributed by atoms with E-state index in [1.165, 1.54) is 4.90 Å². The van der Waals surface area contributed by atoms with E-state index in [2.05, 4.69) is 4.74 Å². The molecule has 1 amide bonds. The van der Waals surface area contributed by atoms with Gasteiger partial charge in [0.05, 0.1) is 0 Å². The van der Waals surface area contributed by atoms with Crippen molar-refractivity contribution < 1.29 is 9.53 Å². The molecule has 0 bridgehead atoms. The molecular formula is C11H14N2O2. The number of hydrogen-bond donors (Lipinski definition) is 1. The van der Waals surface area contributed by atoms with Gasteiger partial charge in [-0.15, -0.1) is 0 Å². The SMILES string of the molecule is [CH]C1(N)CCN(C(=O)OC([CH])([CH])[CH])CC1. The molecule has 0 aromatic carbocycles. The number of ether oxygens (including phenoxy) is 1. The summed E-state index contributed by atoms with van der Waals surface area (Å²) in [4.78, 5) is 12.8. The summed E-state index contributed by atoms with van der Waals surface area (Å²) in [5.41, 5.74) is 3.02. The fourth-order valence-electron chi connectivity index (χ4n) is 1.32. The third kappa shape index (κ3) is 4.08. The summed E-state index contributed by atoms with van der Waals surface area (Å²) in [6, 6.07) is 0. The van der Waals surface area contributed by atoms with Crippen molar-refractivity contribution in [2.45, 2.75) is 24.0 Å². The van der Waals surface area contributed by atoms with Gasteiger partial charge in [0.2, 0.25) is 0 Å². The Morgan fingerprint density at radius 1 is 1.33 bits per heavy atom. The normalized spacial score (nSPS) is 21.3. The fourth-order valence-corrected chi connectivity index (χ4v) is 1.32. The topological polar surface area (TPSA) is 55.6 Å². The van der Waals surface area contributed by atoms with E-state index >= 15 is 0 Å². The van der Waals surface area contributed by atoms with Crippen LogP contribution in [0.3, 0.4) is 0 Å². The van der Waals surface area contributed by atoms with E-state index in [1.807, 2.05) is 0 Å². The summed E-state index contributed by atoms with van der Waals surface area (Å²) >= 11 is 0. The van der Waals surface area contributed by atoms with Crippen LogP contribution in [0.1, 0.15) is 12.8 Å². The lowest BCUT2D eigenvalue weighted by atomic mass is 9.91. The van der Waals surface area contributed by atoms with Crippen LogP contribution in [0, 0.1) is 27.7 Å². The molecule has 1 aliphatic heterocycles. The number of carbonyl (C=O) groups excluding carboxylic acids is 1. The Kier molecular flexibility index (Phi) is 3.28. The molecule has 0 saturated carbocycles. The maximum Gasteiger partial charge on any atom is 0.410 e. The Balaban J connectivity index is 2.44. The number of amides is 1. The molecule has 0 aromatic rings. The van der Waals surface area contributed by atoms with Crippen LogP contribution < -0.4 is 5.73 Å². The number of piperidine rings is 1. The van der Waals surface area contributed by atoms with Crippen LogP contribution >= 0.6 is 0 Å². The zero-order valence-electron chi connectivity index (χ0n) is 8.48. The summed E-state index contributed by atoms with van der Waals surface area (Å²) in [5.74, 6) is 0. The summed E-state index contributed by atoms with van der Waals surface area (Å²) in [5, 5.41) is 0. The maximum absolute atomic E-state index is 11.4. The van der Waals surface area contributed by atoms with Crippen molar-refractivity contribution in [1.82, 2.24) is 4.90 Å². The predicted octanol–water partition coefficient (Wildman–Crippen LogP) is 0.499. The van der Waals surface area contributed by atoms with Gasteiger partial charge in [-0.1, -0.05) is 0 Å². The molecule has 1 aliphatic rings. The van der Waals surface area contributed by atoms with Crippen molar-refractivity contribution in [3.63, 3.8) is 0 Å². The number of hydrogen-bond acceptors (Lipinski definition) is 3. The number of likely N-dealkylation sites (tertiary alicyclic amines) is 1. The minimum absolute atomic E-state index is 0.405. The summed E-state index contributed by atoms with van der Waals surface area (Å²) in [7, 11) is 0. The molecule has 0 spiro atoms. The van der Waals surface area contributed by atoms with Crippen molar-refractivity contribution in [2.24, 2.45) is 5.73 Å². The molecule has 0 aromatic heterocycles. The van der Waals surface area contributed by atoms with E-state index < -0.39 is 17.2 Å². The molecule has 2 N–H and O–H groups in total. The molecule has 1 rings (SSSR count). The summed E-state index contributed by atoms with van der Waals surface area (Å²) in [6.07, 6.45) is 0.335. The van der Waals surface area contributed by atoms with Gasteiger partial charge in [-0.05, 0) is 19.8 Å². The molecule has 8 radical (unpaired) electrons. The molecule has 4 nitrogen and oxygen atoms in total. The monoisotopic (exact) mass is 206 g/mol. The molecule has 15 heavy (non-hydrogen) atoms. The third-order valence-electron chi connectivity index (χ3n) is 2.22. The Morgan fingerprint density at radius 3 is 2.20 bits per heavy atom. The smallest absolute Gasteiger partial charge is 0.410 e. The van der Waals surface area contributed by atoms with Crippen LogP contribution in [0.2, 0.25) is 0 Å². The van der Waals surface area contributed by atoms with E-state index in [-0.39, 0.29) is 0 Å². The zero-order chi connectivity index (χ0) is 11.7. The second kappa shape index (κ2) is 4.00. The highest BCUT2D eigenvalue weighted by Gasteiger charge is 2.31. The Morgan fingerprint density at radius 2 is 1.80 bits per heavy atom. The Hall–Kier alpha value is -0.770. The molecule has 4 heteroatoms. The first-order chi connectivity index (χ1) is 6.70. The first-order valence-electron chi connectivity index (χ1n) is 4.62. The van der Waals surface area contributed by atoms with Gasteiger partial charge in [-0.3, -0.25) is 0 Å². The van der Waals surface area contributed by atoms with Gasteiger partial charge in [0, 0.05) is 39.4 Å². The van der Waals surface area contributed by atoms with E-state index in [0.29, 0.717) is 25.9 Å². The molecule has 0 aliphatic carbocycles. The lowest BCUT2D eigenvalue weighted by molar-refractivity contribution is 0.0542. The van der Waals surface area contributed by atoms with E-state index in [4.69, 9.17) is 33.4 Å². The zero-order valence-corrected chi connectivity index (χ0v) is 8.48. The molecule has 1 saturated heterocycles. The van der Waals surface area contributed by atoms with Crippen LogP contribution in [0.25, 0.3) is 0 Å². The van der Waals surface area contributed by atoms with Gasteiger partial charge in [0.25, 0.3) is 0 Å².